The maximum Gasteiger partial charge on any atom is 0.272 e. The van der Waals surface area contributed by atoms with Crippen molar-refractivity contribution in [3.8, 4) is 0 Å². The van der Waals surface area contributed by atoms with E-state index >= 15 is 0 Å². The van der Waals surface area contributed by atoms with Gasteiger partial charge in [-0.2, -0.15) is 5.10 Å². The Bertz CT molecular complexity index is 460. The van der Waals surface area contributed by atoms with Crippen LogP contribution in [0.4, 0.5) is 5.69 Å². The van der Waals surface area contributed by atoms with E-state index in [-0.39, 0.29) is 11.5 Å². The first-order chi connectivity index (χ1) is 8.02. The van der Waals surface area contributed by atoms with Gasteiger partial charge in [-0.25, -0.2) is 4.68 Å². The molecule has 1 heterocycles. The van der Waals surface area contributed by atoms with Crippen LogP contribution in [0.15, 0.2) is 23.3 Å². The van der Waals surface area contributed by atoms with Crippen LogP contribution in [0.1, 0.15) is 39.2 Å². The van der Waals surface area contributed by atoms with E-state index < -0.39 is 0 Å². The molecule has 0 aliphatic carbocycles. The van der Waals surface area contributed by atoms with Crippen molar-refractivity contribution >= 4 is 5.69 Å². The second-order valence-corrected chi connectivity index (χ2v) is 4.30. The van der Waals surface area contributed by atoms with Crippen LogP contribution in [0.5, 0.6) is 0 Å². The van der Waals surface area contributed by atoms with Gasteiger partial charge < -0.3 is 4.90 Å². The third-order valence-electron chi connectivity index (χ3n) is 2.71. The second-order valence-electron chi connectivity index (χ2n) is 4.30. The van der Waals surface area contributed by atoms with Crippen LogP contribution in [-0.2, 0) is 7.05 Å². The second kappa shape index (κ2) is 5.66. The number of nitrogens with zero attached hydrogens (tertiary/aromatic N) is 3. The fourth-order valence-corrected chi connectivity index (χ4v) is 1.85. The van der Waals surface area contributed by atoms with Crippen LogP contribution in [0.2, 0.25) is 0 Å². The highest BCUT2D eigenvalue weighted by Gasteiger charge is 2.16. The van der Waals surface area contributed by atoms with Gasteiger partial charge in [0.15, 0.2) is 0 Å². The van der Waals surface area contributed by atoms with Crippen molar-refractivity contribution in [3.05, 3.63) is 34.4 Å². The van der Waals surface area contributed by atoms with Crippen molar-refractivity contribution in [2.24, 2.45) is 7.05 Å². The molecule has 4 nitrogen and oxygen atoms in total. The number of hydrogen-bond donors (Lipinski definition) is 0. The Kier molecular flexibility index (Phi) is 4.49. The smallest absolute Gasteiger partial charge is 0.272 e. The molecule has 0 saturated heterocycles. The van der Waals surface area contributed by atoms with E-state index in [1.165, 1.54) is 4.68 Å². The average molecular weight is 235 g/mol. The maximum absolute atomic E-state index is 12.1. The molecule has 0 radical (unpaired) electrons. The molecule has 0 spiro atoms. The van der Waals surface area contributed by atoms with Crippen molar-refractivity contribution in [2.45, 2.75) is 33.6 Å². The predicted octanol–water partition coefficient (Wildman–Crippen LogP) is 2.26. The van der Waals surface area contributed by atoms with E-state index in [9.17, 15) is 4.79 Å². The van der Waals surface area contributed by atoms with Crippen molar-refractivity contribution in [1.82, 2.24) is 9.78 Å². The zero-order valence-electron chi connectivity index (χ0n) is 11.3. The molecule has 17 heavy (non-hydrogen) atoms. The SMILES string of the molecule is C/C=C\N(CC)c1cnn(C)c(=O)c1C(C)C. The lowest BCUT2D eigenvalue weighted by atomic mass is 10.0. The van der Waals surface area contributed by atoms with Crippen molar-refractivity contribution in [2.75, 3.05) is 11.4 Å². The Morgan fingerprint density at radius 2 is 2.18 bits per heavy atom. The van der Waals surface area contributed by atoms with E-state index in [1.54, 1.807) is 13.2 Å². The minimum absolute atomic E-state index is 0.0135. The summed E-state index contributed by atoms with van der Waals surface area (Å²) in [6.45, 7) is 8.90. The molecular formula is C13H21N3O. The molecular weight excluding hydrogens is 214 g/mol. The van der Waals surface area contributed by atoms with Crippen LogP contribution in [-0.4, -0.2) is 16.3 Å². The normalized spacial score (nSPS) is 11.4. The Balaban J connectivity index is 3.42. The summed E-state index contributed by atoms with van der Waals surface area (Å²) in [5, 5.41) is 4.10. The largest absolute Gasteiger partial charge is 0.347 e. The van der Waals surface area contributed by atoms with Gasteiger partial charge in [0.25, 0.3) is 5.56 Å². The number of allylic oxidation sites excluding steroid dienone is 1. The quantitative estimate of drug-likeness (QED) is 0.803. The number of rotatable bonds is 4. The summed E-state index contributed by atoms with van der Waals surface area (Å²) in [4.78, 5) is 14.2. The number of aromatic nitrogens is 2. The van der Waals surface area contributed by atoms with Gasteiger partial charge in [0, 0.05) is 19.2 Å². The Hall–Kier alpha value is -1.58. The van der Waals surface area contributed by atoms with Crippen molar-refractivity contribution in [3.63, 3.8) is 0 Å². The van der Waals surface area contributed by atoms with Gasteiger partial charge in [0.1, 0.15) is 0 Å². The molecule has 0 bridgehead atoms. The van der Waals surface area contributed by atoms with Crippen LogP contribution in [0.3, 0.4) is 0 Å². The number of anilines is 1. The van der Waals surface area contributed by atoms with Gasteiger partial charge in [-0.05, 0) is 26.0 Å². The molecule has 4 heteroatoms. The van der Waals surface area contributed by atoms with Crippen LogP contribution >= 0.6 is 0 Å². The summed E-state index contributed by atoms with van der Waals surface area (Å²) in [6.07, 6.45) is 5.70. The topological polar surface area (TPSA) is 38.1 Å². The first-order valence-corrected chi connectivity index (χ1v) is 5.98. The van der Waals surface area contributed by atoms with E-state index in [2.05, 4.69) is 12.0 Å². The fraction of sp³-hybridized carbons (Fsp3) is 0.538. The number of hydrogen-bond acceptors (Lipinski definition) is 3. The van der Waals surface area contributed by atoms with Crippen LogP contribution in [0.25, 0.3) is 0 Å². The summed E-state index contributed by atoms with van der Waals surface area (Å²) in [7, 11) is 1.68. The summed E-state index contributed by atoms with van der Waals surface area (Å²) >= 11 is 0. The van der Waals surface area contributed by atoms with Crippen LogP contribution in [0, 0.1) is 0 Å². The first-order valence-electron chi connectivity index (χ1n) is 5.98. The molecule has 0 fully saturated rings. The lowest BCUT2D eigenvalue weighted by Crippen LogP contribution is -2.28. The van der Waals surface area contributed by atoms with Crippen molar-refractivity contribution < 1.29 is 0 Å². The zero-order chi connectivity index (χ0) is 13.0. The summed E-state index contributed by atoms with van der Waals surface area (Å²) in [6, 6.07) is 0. The fourth-order valence-electron chi connectivity index (χ4n) is 1.85. The lowest BCUT2D eigenvalue weighted by Gasteiger charge is -2.22. The van der Waals surface area contributed by atoms with E-state index in [1.807, 2.05) is 37.9 Å². The molecule has 0 atom stereocenters. The highest BCUT2D eigenvalue weighted by Crippen LogP contribution is 2.23. The zero-order valence-corrected chi connectivity index (χ0v) is 11.3. The van der Waals surface area contributed by atoms with Gasteiger partial charge in [0.05, 0.1) is 11.9 Å². The molecule has 0 aromatic carbocycles. The Labute approximate surface area is 103 Å². The first kappa shape index (κ1) is 13.5. The van der Waals surface area contributed by atoms with E-state index in [4.69, 9.17) is 0 Å². The molecule has 94 valence electrons. The van der Waals surface area contributed by atoms with Crippen LogP contribution < -0.4 is 10.5 Å². The molecule has 0 aliphatic rings. The van der Waals surface area contributed by atoms with Gasteiger partial charge in [-0.15, -0.1) is 0 Å². The average Bonchev–Trinajstić information content (AvgIpc) is 2.29. The monoisotopic (exact) mass is 235 g/mol. The molecule has 1 aromatic heterocycles. The van der Waals surface area contributed by atoms with Gasteiger partial charge in [-0.3, -0.25) is 4.79 Å². The predicted molar refractivity (Wildman–Crippen MR) is 71.4 cm³/mol. The molecule has 1 aromatic rings. The highest BCUT2D eigenvalue weighted by molar-refractivity contribution is 5.54. The van der Waals surface area contributed by atoms with Gasteiger partial charge in [-0.1, -0.05) is 19.9 Å². The number of aryl methyl sites for hydroxylation is 1. The summed E-state index contributed by atoms with van der Waals surface area (Å²) < 4.78 is 1.39. The molecule has 0 aliphatic heterocycles. The third kappa shape index (κ3) is 2.75. The van der Waals surface area contributed by atoms with Crippen molar-refractivity contribution in [1.29, 1.82) is 0 Å². The Morgan fingerprint density at radius 1 is 1.53 bits per heavy atom. The van der Waals surface area contributed by atoms with Gasteiger partial charge in [0.2, 0.25) is 0 Å². The highest BCUT2D eigenvalue weighted by atomic mass is 16.1. The third-order valence-corrected chi connectivity index (χ3v) is 2.71. The minimum atomic E-state index is -0.0135. The maximum atomic E-state index is 12.1. The standard InChI is InChI=1S/C13H21N3O/c1-6-8-16(7-2)11-9-14-15(5)13(17)12(11)10(3)4/h6,8-10H,7H2,1-5H3/b8-6-. The van der Waals surface area contributed by atoms with E-state index in [0.29, 0.717) is 0 Å². The summed E-state index contributed by atoms with van der Waals surface area (Å²) in [5.74, 6) is 0.186. The molecule has 0 N–H and O–H groups in total. The minimum Gasteiger partial charge on any atom is -0.347 e. The van der Waals surface area contributed by atoms with E-state index in [0.717, 1.165) is 17.8 Å². The molecule has 0 amide bonds. The molecule has 0 saturated carbocycles. The molecule has 0 unspecified atom stereocenters. The van der Waals surface area contributed by atoms with Gasteiger partial charge >= 0.3 is 0 Å². The molecule has 1 rings (SSSR count). The lowest BCUT2D eigenvalue weighted by molar-refractivity contribution is 0.675. The summed E-state index contributed by atoms with van der Waals surface area (Å²) in [5.41, 5.74) is 1.71. The Morgan fingerprint density at radius 3 is 2.65 bits per heavy atom.